The molecule has 4 nitrogen and oxygen atoms in total. The molecular weight excluding hydrogens is 238 g/mol. The Morgan fingerprint density at radius 1 is 1.37 bits per heavy atom. The van der Waals surface area contributed by atoms with Crippen molar-refractivity contribution in [3.63, 3.8) is 0 Å². The third-order valence-electron chi connectivity index (χ3n) is 4.73. The molecule has 0 bridgehead atoms. The van der Waals surface area contributed by atoms with Gasteiger partial charge < -0.3 is 10.5 Å². The smallest absolute Gasteiger partial charge is 0.0833 e. The van der Waals surface area contributed by atoms with Crippen LogP contribution in [0.5, 0.6) is 0 Å². The van der Waals surface area contributed by atoms with Crippen LogP contribution in [0.25, 0.3) is 0 Å². The first-order chi connectivity index (χ1) is 8.87. The fraction of sp³-hybridized carbons (Fsp3) is 0.800. The highest BCUT2D eigenvalue weighted by molar-refractivity contribution is 5.06. The standard InChI is InChI=1S/C15H27N3O/c1-14(2)6-8-15(19-4,9-7-14)13(16)11-12-5-10-18(3)17-12/h5,10,13H,6-9,11,16H2,1-4H3. The molecule has 2 rings (SSSR count). The van der Waals surface area contributed by atoms with Crippen LogP contribution >= 0.6 is 0 Å². The van der Waals surface area contributed by atoms with Crippen LogP contribution in [-0.4, -0.2) is 28.5 Å². The van der Waals surface area contributed by atoms with E-state index in [0.717, 1.165) is 25.0 Å². The molecule has 108 valence electrons. The lowest BCUT2D eigenvalue weighted by molar-refractivity contribution is -0.0783. The predicted octanol–water partition coefficient (Wildman–Crippen LogP) is 2.28. The monoisotopic (exact) mass is 265 g/mol. The zero-order valence-corrected chi connectivity index (χ0v) is 12.6. The highest BCUT2D eigenvalue weighted by Crippen LogP contribution is 2.43. The molecule has 4 heteroatoms. The summed E-state index contributed by atoms with van der Waals surface area (Å²) < 4.78 is 7.68. The van der Waals surface area contributed by atoms with Crippen LogP contribution in [0.3, 0.4) is 0 Å². The SMILES string of the molecule is COC1(C(N)Cc2ccn(C)n2)CCC(C)(C)CC1. The molecule has 1 atom stereocenters. The molecule has 1 aliphatic rings. The van der Waals surface area contributed by atoms with Crippen molar-refractivity contribution in [2.75, 3.05) is 7.11 Å². The molecule has 0 spiro atoms. The van der Waals surface area contributed by atoms with Gasteiger partial charge in [0, 0.05) is 32.8 Å². The normalized spacial score (nSPS) is 23.2. The molecule has 0 aliphatic heterocycles. The Bertz CT molecular complexity index is 415. The zero-order valence-electron chi connectivity index (χ0n) is 12.6. The maximum absolute atomic E-state index is 6.45. The Kier molecular flexibility index (Phi) is 4.02. The van der Waals surface area contributed by atoms with E-state index in [1.807, 2.05) is 24.0 Å². The van der Waals surface area contributed by atoms with Crippen LogP contribution in [-0.2, 0) is 18.2 Å². The molecule has 1 fully saturated rings. The fourth-order valence-electron chi connectivity index (χ4n) is 3.06. The van der Waals surface area contributed by atoms with E-state index in [1.165, 1.54) is 12.8 Å². The number of hydrogen-bond acceptors (Lipinski definition) is 3. The van der Waals surface area contributed by atoms with E-state index in [0.29, 0.717) is 5.41 Å². The van der Waals surface area contributed by atoms with E-state index in [9.17, 15) is 0 Å². The topological polar surface area (TPSA) is 53.1 Å². The summed E-state index contributed by atoms with van der Waals surface area (Å²) in [5.41, 5.74) is 7.75. The number of aromatic nitrogens is 2. The average Bonchev–Trinajstić information content (AvgIpc) is 2.75. The Hall–Kier alpha value is -0.870. The summed E-state index contributed by atoms with van der Waals surface area (Å²) in [6, 6.07) is 2.05. The second kappa shape index (κ2) is 5.25. The van der Waals surface area contributed by atoms with Gasteiger partial charge in [0.05, 0.1) is 11.3 Å². The molecule has 1 aromatic rings. The van der Waals surface area contributed by atoms with Gasteiger partial charge in [0.1, 0.15) is 0 Å². The lowest BCUT2D eigenvalue weighted by atomic mass is 9.68. The van der Waals surface area contributed by atoms with Gasteiger partial charge >= 0.3 is 0 Å². The number of nitrogens with zero attached hydrogens (tertiary/aromatic N) is 2. The summed E-state index contributed by atoms with van der Waals surface area (Å²) in [7, 11) is 3.74. The molecule has 1 unspecified atom stereocenters. The number of nitrogens with two attached hydrogens (primary N) is 1. The Balaban J connectivity index is 2.05. The lowest BCUT2D eigenvalue weighted by Crippen LogP contribution is -2.53. The third kappa shape index (κ3) is 3.18. The quantitative estimate of drug-likeness (QED) is 0.908. The molecular formula is C15H27N3O. The van der Waals surface area contributed by atoms with Gasteiger partial charge in [-0.2, -0.15) is 5.10 Å². The molecule has 1 aliphatic carbocycles. The maximum Gasteiger partial charge on any atom is 0.0833 e. The van der Waals surface area contributed by atoms with Gasteiger partial charge in [-0.25, -0.2) is 0 Å². The molecule has 0 saturated heterocycles. The highest BCUT2D eigenvalue weighted by atomic mass is 16.5. The minimum absolute atomic E-state index is 0.0171. The number of aryl methyl sites for hydroxylation is 1. The molecule has 1 saturated carbocycles. The minimum Gasteiger partial charge on any atom is -0.377 e. The number of methoxy groups -OCH3 is 1. The van der Waals surface area contributed by atoms with E-state index in [1.54, 1.807) is 7.11 Å². The van der Waals surface area contributed by atoms with Crippen LogP contribution in [0, 0.1) is 5.41 Å². The zero-order chi connectivity index (χ0) is 14.1. The van der Waals surface area contributed by atoms with Crippen LogP contribution in [0.2, 0.25) is 0 Å². The number of hydrogen-bond donors (Lipinski definition) is 1. The van der Waals surface area contributed by atoms with Crippen molar-refractivity contribution < 1.29 is 4.74 Å². The summed E-state index contributed by atoms with van der Waals surface area (Å²) >= 11 is 0. The summed E-state index contributed by atoms with van der Waals surface area (Å²) in [6.45, 7) is 4.66. The minimum atomic E-state index is -0.174. The van der Waals surface area contributed by atoms with E-state index in [4.69, 9.17) is 10.5 Å². The van der Waals surface area contributed by atoms with Gasteiger partial charge in [0.15, 0.2) is 0 Å². The Morgan fingerprint density at radius 2 is 2.00 bits per heavy atom. The molecule has 0 amide bonds. The second-order valence-corrected chi connectivity index (χ2v) is 6.72. The first-order valence-corrected chi connectivity index (χ1v) is 7.16. The van der Waals surface area contributed by atoms with E-state index in [-0.39, 0.29) is 11.6 Å². The second-order valence-electron chi connectivity index (χ2n) is 6.72. The summed E-state index contributed by atoms with van der Waals surface area (Å²) in [5, 5.41) is 4.42. The molecule has 19 heavy (non-hydrogen) atoms. The lowest BCUT2D eigenvalue weighted by Gasteiger charge is -2.45. The van der Waals surface area contributed by atoms with Gasteiger partial charge in [0.25, 0.3) is 0 Å². The molecule has 0 aromatic carbocycles. The largest absolute Gasteiger partial charge is 0.377 e. The number of rotatable bonds is 4. The van der Waals surface area contributed by atoms with Crippen molar-refractivity contribution in [3.05, 3.63) is 18.0 Å². The Labute approximate surface area is 116 Å². The Morgan fingerprint density at radius 3 is 2.47 bits per heavy atom. The van der Waals surface area contributed by atoms with Gasteiger partial charge in [-0.1, -0.05) is 13.8 Å². The summed E-state index contributed by atoms with van der Waals surface area (Å²) in [6.07, 6.45) is 7.20. The van der Waals surface area contributed by atoms with Crippen molar-refractivity contribution in [2.24, 2.45) is 18.2 Å². The molecule has 2 N–H and O–H groups in total. The van der Waals surface area contributed by atoms with Crippen molar-refractivity contribution >= 4 is 0 Å². The van der Waals surface area contributed by atoms with Crippen molar-refractivity contribution in [2.45, 2.75) is 57.6 Å². The summed E-state index contributed by atoms with van der Waals surface area (Å²) in [4.78, 5) is 0. The van der Waals surface area contributed by atoms with E-state index >= 15 is 0 Å². The van der Waals surface area contributed by atoms with Crippen molar-refractivity contribution in [3.8, 4) is 0 Å². The van der Waals surface area contributed by atoms with Crippen LogP contribution in [0.1, 0.15) is 45.2 Å². The maximum atomic E-state index is 6.45. The van der Waals surface area contributed by atoms with Crippen LogP contribution in [0.15, 0.2) is 12.3 Å². The molecule has 0 radical (unpaired) electrons. The summed E-state index contributed by atoms with van der Waals surface area (Å²) in [5.74, 6) is 0. The van der Waals surface area contributed by atoms with Gasteiger partial charge in [-0.3, -0.25) is 4.68 Å². The first-order valence-electron chi connectivity index (χ1n) is 7.16. The molecule has 1 aromatic heterocycles. The van der Waals surface area contributed by atoms with Gasteiger partial charge in [0.2, 0.25) is 0 Å². The predicted molar refractivity (Wildman–Crippen MR) is 76.9 cm³/mol. The highest BCUT2D eigenvalue weighted by Gasteiger charge is 2.42. The van der Waals surface area contributed by atoms with Gasteiger partial charge in [-0.05, 0) is 37.2 Å². The first kappa shape index (κ1) is 14.5. The fourth-order valence-corrected chi connectivity index (χ4v) is 3.06. The average molecular weight is 265 g/mol. The van der Waals surface area contributed by atoms with Gasteiger partial charge in [-0.15, -0.1) is 0 Å². The third-order valence-corrected chi connectivity index (χ3v) is 4.73. The number of ether oxygens (including phenoxy) is 1. The van der Waals surface area contributed by atoms with Crippen molar-refractivity contribution in [1.29, 1.82) is 0 Å². The molecule has 1 heterocycles. The van der Waals surface area contributed by atoms with Crippen LogP contribution in [0.4, 0.5) is 0 Å². The van der Waals surface area contributed by atoms with E-state index in [2.05, 4.69) is 18.9 Å². The van der Waals surface area contributed by atoms with E-state index < -0.39 is 0 Å². The van der Waals surface area contributed by atoms with Crippen molar-refractivity contribution in [1.82, 2.24) is 9.78 Å². The van der Waals surface area contributed by atoms with Crippen LogP contribution < -0.4 is 5.73 Å².